The monoisotopic (exact) mass is 327 g/mol. The highest BCUT2D eigenvalue weighted by Crippen LogP contribution is 2.23. The summed E-state index contributed by atoms with van der Waals surface area (Å²) in [6.45, 7) is 1.96. The van der Waals surface area contributed by atoms with Gasteiger partial charge in [0.2, 0.25) is 5.91 Å². The molecule has 2 atom stereocenters. The summed E-state index contributed by atoms with van der Waals surface area (Å²) in [5.74, 6) is -2.83. The number of nitrogens with one attached hydrogen (secondary N) is 1. The number of likely N-dealkylation sites (tertiary alicyclic amines) is 1. The Morgan fingerprint density at radius 2 is 2.13 bits per heavy atom. The van der Waals surface area contributed by atoms with Crippen molar-refractivity contribution in [3.8, 4) is 0 Å². The van der Waals surface area contributed by atoms with Crippen LogP contribution in [-0.4, -0.2) is 46.6 Å². The molecular formula is C15H19F2N3O3. The number of nitrogens with zero attached hydrogens (tertiary/aromatic N) is 1. The molecule has 2 unspecified atom stereocenters. The lowest BCUT2D eigenvalue weighted by Gasteiger charge is -2.39. The average molecular weight is 327 g/mol. The summed E-state index contributed by atoms with van der Waals surface area (Å²) >= 11 is 0. The van der Waals surface area contributed by atoms with E-state index in [-0.39, 0.29) is 18.7 Å². The van der Waals surface area contributed by atoms with Crippen LogP contribution in [-0.2, 0) is 9.59 Å². The predicted octanol–water partition coefficient (Wildman–Crippen LogP) is 0.604. The Bertz CT molecular complexity index is 626. The van der Waals surface area contributed by atoms with E-state index in [1.54, 1.807) is 11.8 Å². The third-order valence-electron chi connectivity index (χ3n) is 4.07. The van der Waals surface area contributed by atoms with Gasteiger partial charge in [0.05, 0.1) is 11.7 Å². The van der Waals surface area contributed by atoms with Gasteiger partial charge in [-0.1, -0.05) is 0 Å². The number of carbonyl (C=O) groups excluding carboxylic acids is 2. The average Bonchev–Trinajstić information content (AvgIpc) is 2.50. The molecular weight excluding hydrogens is 308 g/mol. The van der Waals surface area contributed by atoms with E-state index in [0.717, 1.165) is 18.2 Å². The van der Waals surface area contributed by atoms with Crippen molar-refractivity contribution in [1.82, 2.24) is 4.90 Å². The van der Waals surface area contributed by atoms with Crippen LogP contribution in [0.5, 0.6) is 0 Å². The Morgan fingerprint density at radius 1 is 1.43 bits per heavy atom. The SMILES string of the molecule is CC(C(=O)Nc1cc(F)ccc1F)N1CCCC(O)(C(N)=O)C1. The number of anilines is 1. The van der Waals surface area contributed by atoms with Gasteiger partial charge in [-0.25, -0.2) is 8.78 Å². The van der Waals surface area contributed by atoms with Crippen LogP contribution in [0.1, 0.15) is 19.8 Å². The molecule has 4 N–H and O–H groups in total. The third kappa shape index (κ3) is 3.83. The molecule has 2 amide bonds. The molecule has 0 radical (unpaired) electrons. The molecule has 0 bridgehead atoms. The van der Waals surface area contributed by atoms with Crippen LogP contribution in [0.2, 0.25) is 0 Å². The van der Waals surface area contributed by atoms with Gasteiger partial charge in [-0.15, -0.1) is 0 Å². The zero-order chi connectivity index (χ0) is 17.2. The second kappa shape index (κ2) is 6.59. The van der Waals surface area contributed by atoms with Crippen molar-refractivity contribution in [2.45, 2.75) is 31.4 Å². The summed E-state index contributed by atoms with van der Waals surface area (Å²) in [5, 5.41) is 12.5. The Kier molecular flexibility index (Phi) is 4.96. The van der Waals surface area contributed by atoms with Crippen LogP contribution in [0.3, 0.4) is 0 Å². The number of carbonyl (C=O) groups is 2. The van der Waals surface area contributed by atoms with Gasteiger partial charge in [0.25, 0.3) is 5.91 Å². The number of rotatable bonds is 4. The van der Waals surface area contributed by atoms with Gasteiger partial charge < -0.3 is 16.2 Å². The van der Waals surface area contributed by atoms with Crippen molar-refractivity contribution in [3.05, 3.63) is 29.8 Å². The molecule has 0 aromatic heterocycles. The minimum absolute atomic E-state index is 0.0808. The summed E-state index contributed by atoms with van der Waals surface area (Å²) in [7, 11) is 0. The summed E-state index contributed by atoms with van der Waals surface area (Å²) in [6, 6.07) is 2.01. The van der Waals surface area contributed by atoms with E-state index in [9.17, 15) is 23.5 Å². The smallest absolute Gasteiger partial charge is 0.250 e. The molecule has 1 fully saturated rings. The maximum Gasteiger partial charge on any atom is 0.250 e. The number of hydrogen-bond acceptors (Lipinski definition) is 4. The zero-order valence-electron chi connectivity index (χ0n) is 12.7. The molecule has 0 saturated carbocycles. The largest absolute Gasteiger partial charge is 0.379 e. The summed E-state index contributed by atoms with van der Waals surface area (Å²) in [4.78, 5) is 25.1. The van der Waals surface area contributed by atoms with Crippen LogP contribution in [0.25, 0.3) is 0 Å². The lowest BCUT2D eigenvalue weighted by Crippen LogP contribution is -2.59. The van der Waals surface area contributed by atoms with Gasteiger partial charge in [-0.3, -0.25) is 14.5 Å². The van der Waals surface area contributed by atoms with Crippen LogP contribution < -0.4 is 11.1 Å². The summed E-state index contributed by atoms with van der Waals surface area (Å²) in [6.07, 6.45) is 0.719. The van der Waals surface area contributed by atoms with Crippen LogP contribution in [0, 0.1) is 11.6 Å². The molecule has 126 valence electrons. The number of piperidine rings is 1. The van der Waals surface area contributed by atoms with Crippen LogP contribution in [0.4, 0.5) is 14.5 Å². The molecule has 1 heterocycles. The van der Waals surface area contributed by atoms with Crippen molar-refractivity contribution in [3.63, 3.8) is 0 Å². The van der Waals surface area contributed by atoms with E-state index >= 15 is 0 Å². The second-order valence-corrected chi connectivity index (χ2v) is 5.76. The summed E-state index contributed by atoms with van der Waals surface area (Å²) < 4.78 is 26.7. The van der Waals surface area contributed by atoms with E-state index in [2.05, 4.69) is 5.32 Å². The number of halogens is 2. The molecule has 0 spiro atoms. The molecule has 1 saturated heterocycles. The molecule has 1 aliphatic heterocycles. The first kappa shape index (κ1) is 17.3. The molecule has 1 aromatic rings. The fourth-order valence-electron chi connectivity index (χ4n) is 2.60. The molecule has 1 aromatic carbocycles. The first-order valence-electron chi connectivity index (χ1n) is 7.25. The van der Waals surface area contributed by atoms with Gasteiger partial charge in [-0.05, 0) is 38.4 Å². The number of β-amino-alcohol motifs (C(OH)–C–C–N with tert-alkyl or cyclic N) is 1. The molecule has 0 aliphatic carbocycles. The normalized spacial score (nSPS) is 23.3. The van der Waals surface area contributed by atoms with Crippen LogP contribution in [0.15, 0.2) is 18.2 Å². The van der Waals surface area contributed by atoms with E-state index in [4.69, 9.17) is 5.73 Å². The topological polar surface area (TPSA) is 95.7 Å². The quantitative estimate of drug-likeness (QED) is 0.755. The lowest BCUT2D eigenvalue weighted by molar-refractivity contribution is -0.144. The van der Waals surface area contributed by atoms with E-state index in [1.165, 1.54) is 0 Å². The fraction of sp³-hybridized carbons (Fsp3) is 0.467. The van der Waals surface area contributed by atoms with Crippen molar-refractivity contribution < 1.29 is 23.5 Å². The highest BCUT2D eigenvalue weighted by molar-refractivity contribution is 5.94. The van der Waals surface area contributed by atoms with Gasteiger partial charge in [-0.2, -0.15) is 0 Å². The fourth-order valence-corrected chi connectivity index (χ4v) is 2.60. The Balaban J connectivity index is 2.07. The minimum Gasteiger partial charge on any atom is -0.379 e. The van der Waals surface area contributed by atoms with Crippen LogP contribution >= 0.6 is 0 Å². The zero-order valence-corrected chi connectivity index (χ0v) is 12.7. The standard InChI is InChI=1S/C15H19F2N3O3/c1-9(20-6-2-5-15(23,8-20)14(18)22)13(21)19-12-7-10(16)3-4-11(12)17/h3-4,7,9,23H,2,5-6,8H2,1H3,(H2,18,22)(H,19,21). The maximum absolute atomic E-state index is 13.6. The molecule has 6 nitrogen and oxygen atoms in total. The Hall–Kier alpha value is -2.06. The van der Waals surface area contributed by atoms with Gasteiger partial charge in [0, 0.05) is 12.6 Å². The number of primary amides is 1. The molecule has 1 aliphatic rings. The number of hydrogen-bond donors (Lipinski definition) is 3. The number of benzene rings is 1. The first-order chi connectivity index (χ1) is 10.7. The minimum atomic E-state index is -1.68. The Labute approximate surface area is 132 Å². The first-order valence-corrected chi connectivity index (χ1v) is 7.25. The van der Waals surface area contributed by atoms with Gasteiger partial charge in [0.1, 0.15) is 11.6 Å². The number of amides is 2. The van der Waals surface area contributed by atoms with Crippen molar-refractivity contribution in [2.24, 2.45) is 5.73 Å². The highest BCUT2D eigenvalue weighted by Gasteiger charge is 2.41. The van der Waals surface area contributed by atoms with Crippen molar-refractivity contribution in [2.75, 3.05) is 18.4 Å². The summed E-state index contributed by atoms with van der Waals surface area (Å²) in [5.41, 5.74) is 3.25. The molecule has 23 heavy (non-hydrogen) atoms. The van der Waals surface area contributed by atoms with Gasteiger partial charge >= 0.3 is 0 Å². The highest BCUT2D eigenvalue weighted by atomic mass is 19.1. The third-order valence-corrected chi connectivity index (χ3v) is 4.07. The number of nitrogens with two attached hydrogens (primary N) is 1. The second-order valence-electron chi connectivity index (χ2n) is 5.76. The Morgan fingerprint density at radius 3 is 2.78 bits per heavy atom. The molecule has 2 rings (SSSR count). The van der Waals surface area contributed by atoms with Crippen molar-refractivity contribution in [1.29, 1.82) is 0 Å². The molecule has 8 heteroatoms. The van der Waals surface area contributed by atoms with E-state index < -0.39 is 35.1 Å². The lowest BCUT2D eigenvalue weighted by atomic mass is 9.91. The van der Waals surface area contributed by atoms with Crippen molar-refractivity contribution >= 4 is 17.5 Å². The predicted molar refractivity (Wildman–Crippen MR) is 79.4 cm³/mol. The number of aliphatic hydroxyl groups is 1. The van der Waals surface area contributed by atoms with E-state index in [0.29, 0.717) is 13.0 Å². The maximum atomic E-state index is 13.6. The van der Waals surface area contributed by atoms with E-state index in [1.807, 2.05) is 0 Å². The van der Waals surface area contributed by atoms with Gasteiger partial charge in [0.15, 0.2) is 5.60 Å².